The second kappa shape index (κ2) is 11.8. The predicted octanol–water partition coefficient (Wildman–Crippen LogP) is 8.93. The topological polar surface area (TPSA) is 0 Å². The van der Waals surface area contributed by atoms with Gasteiger partial charge in [0.1, 0.15) is 0 Å². The summed E-state index contributed by atoms with van der Waals surface area (Å²) in [5.74, 6) is 5.50. The second-order valence-electron chi connectivity index (χ2n) is 10.3. The molecule has 0 heterocycles. The van der Waals surface area contributed by atoms with E-state index in [-0.39, 0.29) is 0 Å². The lowest BCUT2D eigenvalue weighted by Crippen LogP contribution is -2.30. The maximum Gasteiger partial charge on any atom is -0.0355 e. The molecule has 0 aromatic rings. The largest absolute Gasteiger partial charge is 0.0654 e. The lowest BCUT2D eigenvalue weighted by Gasteiger charge is -2.41. The van der Waals surface area contributed by atoms with Gasteiger partial charge in [-0.05, 0) is 36.0 Å². The van der Waals surface area contributed by atoms with E-state index in [1.54, 1.807) is 77.0 Å². The van der Waals surface area contributed by atoms with Gasteiger partial charge in [0.2, 0.25) is 0 Å². The molecule has 0 nitrogen and oxygen atoms in total. The standard InChI is InChI=1S/C26H48/c1-2-3-4-7-20-25(22-14-12-13-15-22)21-26(23-16-8-5-9-17-23)24-18-10-6-11-19-24/h22-26H,2-21H2,1H3. The molecule has 0 bridgehead atoms. The zero-order chi connectivity index (χ0) is 18.0. The van der Waals surface area contributed by atoms with Crippen LogP contribution in [0.3, 0.4) is 0 Å². The molecule has 3 saturated carbocycles. The van der Waals surface area contributed by atoms with Crippen LogP contribution in [0, 0.1) is 29.6 Å². The molecule has 0 amide bonds. The molecular weight excluding hydrogens is 312 g/mol. The van der Waals surface area contributed by atoms with Crippen molar-refractivity contribution in [1.82, 2.24) is 0 Å². The van der Waals surface area contributed by atoms with Gasteiger partial charge in [0.15, 0.2) is 0 Å². The van der Waals surface area contributed by atoms with E-state index in [4.69, 9.17) is 0 Å². The molecule has 0 aliphatic heterocycles. The summed E-state index contributed by atoms with van der Waals surface area (Å²) in [6, 6.07) is 0. The van der Waals surface area contributed by atoms with Crippen molar-refractivity contribution in [2.75, 3.05) is 0 Å². The number of unbranched alkanes of at least 4 members (excludes halogenated alkanes) is 3. The van der Waals surface area contributed by atoms with E-state index in [2.05, 4.69) is 6.92 Å². The Labute approximate surface area is 165 Å². The van der Waals surface area contributed by atoms with Crippen molar-refractivity contribution in [3.63, 3.8) is 0 Å². The normalized spacial score (nSPS) is 25.2. The highest BCUT2D eigenvalue weighted by atomic mass is 14.4. The van der Waals surface area contributed by atoms with Gasteiger partial charge in [0.05, 0.1) is 0 Å². The minimum Gasteiger partial charge on any atom is -0.0654 e. The maximum atomic E-state index is 2.36. The van der Waals surface area contributed by atoms with Gasteiger partial charge in [-0.2, -0.15) is 0 Å². The average molecular weight is 361 g/mol. The molecule has 0 aromatic heterocycles. The van der Waals surface area contributed by atoms with Gasteiger partial charge < -0.3 is 0 Å². The van der Waals surface area contributed by atoms with Crippen molar-refractivity contribution in [3.8, 4) is 0 Å². The smallest absolute Gasteiger partial charge is 0.0355 e. The van der Waals surface area contributed by atoms with Gasteiger partial charge in [0.25, 0.3) is 0 Å². The number of hydrogen-bond donors (Lipinski definition) is 0. The zero-order valence-electron chi connectivity index (χ0n) is 18.0. The van der Waals surface area contributed by atoms with Crippen molar-refractivity contribution in [2.24, 2.45) is 29.6 Å². The minimum absolute atomic E-state index is 1.09. The maximum absolute atomic E-state index is 2.36. The van der Waals surface area contributed by atoms with Gasteiger partial charge in [-0.3, -0.25) is 0 Å². The van der Waals surface area contributed by atoms with E-state index >= 15 is 0 Å². The molecule has 3 rings (SSSR count). The third kappa shape index (κ3) is 6.27. The van der Waals surface area contributed by atoms with E-state index in [1.165, 1.54) is 51.4 Å². The molecule has 0 radical (unpaired) electrons. The molecule has 0 N–H and O–H groups in total. The fraction of sp³-hybridized carbons (Fsp3) is 1.00. The van der Waals surface area contributed by atoms with Crippen LogP contribution in [0.5, 0.6) is 0 Å². The van der Waals surface area contributed by atoms with E-state index in [9.17, 15) is 0 Å². The Bertz CT molecular complexity index is 323. The minimum atomic E-state index is 1.09. The third-order valence-electron chi connectivity index (χ3n) is 8.58. The summed E-state index contributed by atoms with van der Waals surface area (Å²) >= 11 is 0. The van der Waals surface area contributed by atoms with Crippen molar-refractivity contribution in [2.45, 2.75) is 135 Å². The monoisotopic (exact) mass is 360 g/mol. The summed E-state index contributed by atoms with van der Waals surface area (Å²) in [6.07, 6.45) is 30.8. The molecule has 1 atom stereocenters. The highest BCUT2D eigenvalue weighted by Crippen LogP contribution is 2.46. The third-order valence-corrected chi connectivity index (χ3v) is 8.58. The van der Waals surface area contributed by atoms with Crippen LogP contribution in [0.15, 0.2) is 0 Å². The van der Waals surface area contributed by atoms with Gasteiger partial charge in [-0.15, -0.1) is 0 Å². The van der Waals surface area contributed by atoms with Crippen molar-refractivity contribution >= 4 is 0 Å². The average Bonchev–Trinajstić information content (AvgIpc) is 3.23. The lowest BCUT2D eigenvalue weighted by molar-refractivity contribution is 0.0991. The Balaban J connectivity index is 1.62. The number of rotatable bonds is 10. The highest BCUT2D eigenvalue weighted by molar-refractivity contribution is 4.86. The first-order valence-corrected chi connectivity index (χ1v) is 12.9. The summed E-state index contributed by atoms with van der Waals surface area (Å²) < 4.78 is 0. The molecule has 152 valence electrons. The fourth-order valence-corrected chi connectivity index (χ4v) is 7.05. The van der Waals surface area contributed by atoms with Crippen LogP contribution in [-0.4, -0.2) is 0 Å². The predicted molar refractivity (Wildman–Crippen MR) is 115 cm³/mol. The molecule has 3 aliphatic rings. The summed E-state index contributed by atoms with van der Waals surface area (Å²) in [5.41, 5.74) is 0. The van der Waals surface area contributed by atoms with Crippen LogP contribution in [0.2, 0.25) is 0 Å². The molecule has 0 heteroatoms. The zero-order valence-corrected chi connectivity index (χ0v) is 18.0. The first-order chi connectivity index (χ1) is 12.9. The SMILES string of the molecule is CCCCCCC(CC(C1CCCCC1)C1CCCCC1)C1CCCC1. The van der Waals surface area contributed by atoms with Gasteiger partial charge in [-0.25, -0.2) is 0 Å². The Morgan fingerprint density at radius 3 is 1.62 bits per heavy atom. The van der Waals surface area contributed by atoms with Crippen LogP contribution < -0.4 is 0 Å². The lowest BCUT2D eigenvalue weighted by atomic mass is 9.65. The van der Waals surface area contributed by atoms with Crippen LogP contribution in [-0.2, 0) is 0 Å². The molecule has 3 aliphatic carbocycles. The second-order valence-corrected chi connectivity index (χ2v) is 10.3. The Morgan fingerprint density at radius 1 is 0.577 bits per heavy atom. The van der Waals surface area contributed by atoms with E-state index in [0.717, 1.165) is 29.6 Å². The van der Waals surface area contributed by atoms with Crippen molar-refractivity contribution in [3.05, 3.63) is 0 Å². The van der Waals surface area contributed by atoms with E-state index < -0.39 is 0 Å². The molecule has 1 unspecified atom stereocenters. The van der Waals surface area contributed by atoms with Crippen LogP contribution in [0.1, 0.15) is 135 Å². The van der Waals surface area contributed by atoms with Gasteiger partial charge in [-0.1, -0.05) is 129 Å². The quantitative estimate of drug-likeness (QED) is 0.341. The van der Waals surface area contributed by atoms with E-state index in [0.29, 0.717) is 0 Å². The Morgan fingerprint density at radius 2 is 1.08 bits per heavy atom. The Kier molecular flexibility index (Phi) is 9.37. The van der Waals surface area contributed by atoms with Crippen LogP contribution >= 0.6 is 0 Å². The summed E-state index contributed by atoms with van der Waals surface area (Å²) in [6.45, 7) is 2.36. The summed E-state index contributed by atoms with van der Waals surface area (Å²) in [5, 5.41) is 0. The molecule has 26 heavy (non-hydrogen) atoms. The number of hydrogen-bond acceptors (Lipinski definition) is 0. The van der Waals surface area contributed by atoms with Crippen molar-refractivity contribution in [1.29, 1.82) is 0 Å². The van der Waals surface area contributed by atoms with Gasteiger partial charge >= 0.3 is 0 Å². The first kappa shape index (κ1) is 20.7. The van der Waals surface area contributed by atoms with Crippen molar-refractivity contribution < 1.29 is 0 Å². The molecule has 0 saturated heterocycles. The summed E-state index contributed by atoms with van der Waals surface area (Å²) in [4.78, 5) is 0. The highest BCUT2D eigenvalue weighted by Gasteiger charge is 2.35. The van der Waals surface area contributed by atoms with Crippen LogP contribution in [0.25, 0.3) is 0 Å². The first-order valence-electron chi connectivity index (χ1n) is 12.9. The molecular formula is C26H48. The Hall–Kier alpha value is 0. The van der Waals surface area contributed by atoms with Crippen LogP contribution in [0.4, 0.5) is 0 Å². The summed E-state index contributed by atoms with van der Waals surface area (Å²) in [7, 11) is 0. The molecule has 3 fully saturated rings. The molecule has 0 aromatic carbocycles. The van der Waals surface area contributed by atoms with E-state index in [1.807, 2.05) is 0 Å². The molecule has 0 spiro atoms. The van der Waals surface area contributed by atoms with Gasteiger partial charge in [0, 0.05) is 0 Å². The fourth-order valence-electron chi connectivity index (χ4n) is 7.05.